The molecule has 194 valence electrons. The Labute approximate surface area is 204 Å². The van der Waals surface area contributed by atoms with Crippen molar-refractivity contribution in [2.45, 2.75) is 19.7 Å². The van der Waals surface area contributed by atoms with Crippen molar-refractivity contribution in [2.24, 2.45) is 5.73 Å². The first-order chi connectivity index (χ1) is 17.2. The highest BCUT2D eigenvalue weighted by atomic mass is 19.4. The molecule has 0 aliphatic carbocycles. The summed E-state index contributed by atoms with van der Waals surface area (Å²) in [5.41, 5.74) is 9.42. The third-order valence-electron chi connectivity index (χ3n) is 4.57. The topological polar surface area (TPSA) is 184 Å². The van der Waals surface area contributed by atoms with Gasteiger partial charge in [-0.1, -0.05) is 12.1 Å². The zero-order valence-corrected chi connectivity index (χ0v) is 18.7. The summed E-state index contributed by atoms with van der Waals surface area (Å²) in [6, 6.07) is 5.57. The van der Waals surface area contributed by atoms with Crippen LogP contribution in [0.4, 0.5) is 34.8 Å². The maximum Gasteiger partial charge on any atom is 0.573 e. The molecule has 2 heterocycles. The standard InChI is InChI=1S/C21H17F4N7O5/c1-9(33)32-18(26)15(19(27)35)16(31-32)20(36)30-13-7-11(8-28-17(13)22)29-14(34)6-10-2-4-12(5-3-10)37-21(23,24)25/h2-5,7-8H,6,26H2,1H3,(H2,27,35)(H,29,34)(H,30,36). The number of alkyl halides is 3. The van der Waals surface area contributed by atoms with E-state index in [2.05, 4.69) is 25.5 Å². The number of nitrogens with one attached hydrogen (secondary N) is 2. The number of pyridine rings is 1. The summed E-state index contributed by atoms with van der Waals surface area (Å²) in [7, 11) is 0. The summed E-state index contributed by atoms with van der Waals surface area (Å²) in [4.78, 5) is 51.7. The van der Waals surface area contributed by atoms with Crippen LogP contribution in [0.5, 0.6) is 5.75 Å². The van der Waals surface area contributed by atoms with Crippen molar-refractivity contribution in [3.05, 3.63) is 59.3 Å². The summed E-state index contributed by atoms with van der Waals surface area (Å²) in [6.07, 6.45) is -4.18. The number of carbonyl (C=O) groups excluding carboxylic acids is 4. The van der Waals surface area contributed by atoms with E-state index in [9.17, 15) is 36.7 Å². The summed E-state index contributed by atoms with van der Waals surface area (Å²) in [5.74, 6) is -5.78. The minimum atomic E-state index is -4.86. The molecule has 1 aromatic carbocycles. The summed E-state index contributed by atoms with van der Waals surface area (Å²) in [6.45, 7) is 1.07. The van der Waals surface area contributed by atoms with Gasteiger partial charge in [-0.25, -0.2) is 4.98 Å². The van der Waals surface area contributed by atoms with Gasteiger partial charge in [0.25, 0.3) is 11.8 Å². The molecular formula is C21H17F4N7O5. The Balaban J connectivity index is 1.73. The van der Waals surface area contributed by atoms with Crippen molar-refractivity contribution < 1.29 is 41.5 Å². The number of rotatable bonds is 7. The third kappa shape index (κ3) is 6.56. The number of hydrogen-bond donors (Lipinski definition) is 4. The first-order valence-electron chi connectivity index (χ1n) is 10.1. The molecule has 0 bridgehead atoms. The molecule has 3 aromatic rings. The van der Waals surface area contributed by atoms with Crippen LogP contribution in [-0.4, -0.2) is 44.8 Å². The molecule has 2 aromatic heterocycles. The van der Waals surface area contributed by atoms with Gasteiger partial charge in [-0.2, -0.15) is 14.2 Å². The van der Waals surface area contributed by atoms with Crippen LogP contribution >= 0.6 is 0 Å². The molecular weight excluding hydrogens is 506 g/mol. The van der Waals surface area contributed by atoms with Crippen LogP contribution in [-0.2, 0) is 11.2 Å². The smallest absolute Gasteiger partial charge is 0.406 e. The molecule has 0 aliphatic heterocycles. The van der Waals surface area contributed by atoms with Gasteiger partial charge in [0, 0.05) is 6.92 Å². The van der Waals surface area contributed by atoms with Gasteiger partial charge in [-0.3, -0.25) is 19.2 Å². The van der Waals surface area contributed by atoms with Crippen LogP contribution in [0.1, 0.15) is 38.1 Å². The number of hydrogen-bond acceptors (Lipinski definition) is 8. The fourth-order valence-corrected chi connectivity index (χ4v) is 3.06. The lowest BCUT2D eigenvalue weighted by molar-refractivity contribution is -0.274. The highest BCUT2D eigenvalue weighted by molar-refractivity contribution is 6.13. The van der Waals surface area contributed by atoms with E-state index in [1.54, 1.807) is 0 Å². The number of aromatic nitrogens is 3. The van der Waals surface area contributed by atoms with E-state index >= 15 is 0 Å². The van der Waals surface area contributed by atoms with Crippen molar-refractivity contribution in [3.8, 4) is 5.75 Å². The van der Waals surface area contributed by atoms with E-state index < -0.39 is 64.5 Å². The zero-order valence-electron chi connectivity index (χ0n) is 18.7. The van der Waals surface area contributed by atoms with Crippen molar-refractivity contribution in [2.75, 3.05) is 16.4 Å². The number of benzene rings is 1. The van der Waals surface area contributed by atoms with Crippen LogP contribution in [0.15, 0.2) is 36.5 Å². The highest BCUT2D eigenvalue weighted by Crippen LogP contribution is 2.24. The molecule has 3 amide bonds. The zero-order chi connectivity index (χ0) is 27.5. The Morgan fingerprint density at radius 2 is 1.76 bits per heavy atom. The first kappa shape index (κ1) is 26.6. The molecule has 6 N–H and O–H groups in total. The van der Waals surface area contributed by atoms with Gasteiger partial charge >= 0.3 is 6.36 Å². The molecule has 0 radical (unpaired) electrons. The van der Waals surface area contributed by atoms with Gasteiger partial charge in [-0.05, 0) is 23.8 Å². The lowest BCUT2D eigenvalue weighted by Crippen LogP contribution is -2.21. The van der Waals surface area contributed by atoms with E-state index in [1.165, 1.54) is 12.1 Å². The predicted octanol–water partition coefficient (Wildman–Crippen LogP) is 2.09. The number of halogens is 4. The fraction of sp³-hybridized carbons (Fsp3) is 0.143. The number of ether oxygens (including phenoxy) is 1. The number of carbonyl (C=O) groups is 4. The van der Waals surface area contributed by atoms with Gasteiger partial charge in [0.15, 0.2) is 5.69 Å². The Kier molecular flexibility index (Phi) is 7.40. The average Bonchev–Trinajstić information content (AvgIpc) is 3.14. The number of anilines is 3. The maximum atomic E-state index is 14.2. The fourth-order valence-electron chi connectivity index (χ4n) is 3.06. The molecule has 0 aliphatic rings. The molecule has 0 fully saturated rings. The molecule has 37 heavy (non-hydrogen) atoms. The molecule has 3 rings (SSSR count). The molecule has 0 atom stereocenters. The molecule has 16 heteroatoms. The maximum absolute atomic E-state index is 14.2. The van der Waals surface area contributed by atoms with E-state index in [1.807, 2.05) is 0 Å². The quantitative estimate of drug-likeness (QED) is 0.268. The normalized spacial score (nSPS) is 11.1. The highest BCUT2D eigenvalue weighted by Gasteiger charge is 2.31. The molecule has 12 nitrogen and oxygen atoms in total. The van der Waals surface area contributed by atoms with Gasteiger partial charge in [0.05, 0.1) is 24.0 Å². The average molecular weight is 523 g/mol. The van der Waals surface area contributed by atoms with Crippen molar-refractivity contribution >= 4 is 40.8 Å². The predicted molar refractivity (Wildman–Crippen MR) is 119 cm³/mol. The number of primary amides is 1. The summed E-state index contributed by atoms with van der Waals surface area (Å²) in [5, 5.41) is 8.14. The van der Waals surface area contributed by atoms with E-state index in [4.69, 9.17) is 11.5 Å². The lowest BCUT2D eigenvalue weighted by atomic mass is 10.1. The monoisotopic (exact) mass is 523 g/mol. The second kappa shape index (κ2) is 10.3. The largest absolute Gasteiger partial charge is 0.573 e. The van der Waals surface area contributed by atoms with Crippen molar-refractivity contribution in [3.63, 3.8) is 0 Å². The summed E-state index contributed by atoms with van der Waals surface area (Å²) < 4.78 is 55.3. The second-order valence-electron chi connectivity index (χ2n) is 7.34. The molecule has 0 saturated heterocycles. The van der Waals surface area contributed by atoms with E-state index in [0.717, 1.165) is 31.3 Å². The minimum absolute atomic E-state index is 0.0531. The van der Waals surface area contributed by atoms with Crippen LogP contribution < -0.4 is 26.8 Å². The number of nitrogen functional groups attached to an aromatic ring is 1. The third-order valence-corrected chi connectivity index (χ3v) is 4.57. The second-order valence-corrected chi connectivity index (χ2v) is 7.34. The van der Waals surface area contributed by atoms with Crippen molar-refractivity contribution in [1.29, 1.82) is 0 Å². The lowest BCUT2D eigenvalue weighted by Gasteiger charge is -2.10. The Morgan fingerprint density at radius 3 is 2.32 bits per heavy atom. The Morgan fingerprint density at radius 1 is 1.11 bits per heavy atom. The van der Waals surface area contributed by atoms with E-state index in [0.29, 0.717) is 10.2 Å². The molecule has 0 saturated carbocycles. The Bertz CT molecular complexity index is 1390. The molecule has 0 unspecified atom stereocenters. The first-order valence-corrected chi connectivity index (χ1v) is 10.1. The van der Waals surface area contributed by atoms with Crippen molar-refractivity contribution in [1.82, 2.24) is 14.8 Å². The van der Waals surface area contributed by atoms with Crippen LogP contribution in [0.25, 0.3) is 0 Å². The van der Waals surface area contributed by atoms with Gasteiger partial charge in [-0.15, -0.1) is 13.2 Å². The minimum Gasteiger partial charge on any atom is -0.406 e. The van der Waals surface area contributed by atoms with Crippen LogP contribution in [0.3, 0.4) is 0 Å². The Hall–Kier alpha value is -5.02. The number of nitrogens with two attached hydrogens (primary N) is 2. The van der Waals surface area contributed by atoms with Gasteiger partial charge < -0.3 is 26.8 Å². The SMILES string of the molecule is CC(=O)n1nc(C(=O)Nc2cc(NC(=O)Cc3ccc(OC(F)(F)F)cc3)cnc2F)c(C(N)=O)c1N. The number of amides is 3. The van der Waals surface area contributed by atoms with Crippen LogP contribution in [0.2, 0.25) is 0 Å². The summed E-state index contributed by atoms with van der Waals surface area (Å²) >= 11 is 0. The van der Waals surface area contributed by atoms with Crippen LogP contribution in [0, 0.1) is 5.95 Å². The van der Waals surface area contributed by atoms with E-state index in [-0.39, 0.29) is 12.1 Å². The molecule has 0 spiro atoms. The van der Waals surface area contributed by atoms with Gasteiger partial charge in [0.2, 0.25) is 17.8 Å². The van der Waals surface area contributed by atoms with Gasteiger partial charge in [0.1, 0.15) is 17.1 Å². The number of nitrogens with zero attached hydrogens (tertiary/aromatic N) is 3.